The van der Waals surface area contributed by atoms with Crippen LogP contribution in [0.2, 0.25) is 0 Å². The number of carbonyl (C=O) groups is 3. The fourth-order valence-electron chi connectivity index (χ4n) is 3.61. The second kappa shape index (κ2) is 9.74. The van der Waals surface area contributed by atoms with Crippen molar-refractivity contribution < 1.29 is 22.8 Å². The molecule has 33 heavy (non-hydrogen) atoms. The summed E-state index contributed by atoms with van der Waals surface area (Å²) in [5, 5.41) is 2.82. The zero-order valence-corrected chi connectivity index (χ0v) is 20.1. The van der Waals surface area contributed by atoms with Gasteiger partial charge in [-0.15, -0.1) is 0 Å². The Bertz CT molecular complexity index is 1180. The normalized spacial score (nSPS) is 15.3. The highest BCUT2D eigenvalue weighted by Crippen LogP contribution is 2.30. The predicted molar refractivity (Wildman–Crippen MR) is 124 cm³/mol. The highest BCUT2D eigenvalue weighted by molar-refractivity contribution is 7.90. The molecule has 0 fully saturated rings. The van der Waals surface area contributed by atoms with Gasteiger partial charge in [-0.2, -0.15) is 0 Å². The van der Waals surface area contributed by atoms with Crippen molar-refractivity contribution in [2.45, 2.75) is 45.2 Å². The van der Waals surface area contributed by atoms with Crippen molar-refractivity contribution in [2.24, 2.45) is 5.92 Å². The molecule has 2 aromatic carbocycles. The second-order valence-electron chi connectivity index (χ2n) is 8.58. The van der Waals surface area contributed by atoms with Crippen molar-refractivity contribution in [3.05, 3.63) is 65.2 Å². The van der Waals surface area contributed by atoms with Crippen molar-refractivity contribution in [3.63, 3.8) is 0 Å². The first-order chi connectivity index (χ1) is 15.5. The van der Waals surface area contributed by atoms with Crippen LogP contribution in [0.3, 0.4) is 0 Å². The van der Waals surface area contributed by atoms with Crippen molar-refractivity contribution in [2.75, 3.05) is 13.1 Å². The van der Waals surface area contributed by atoms with Gasteiger partial charge in [0.15, 0.2) is 0 Å². The van der Waals surface area contributed by atoms with E-state index in [-0.39, 0.29) is 28.8 Å². The lowest BCUT2D eigenvalue weighted by Gasteiger charge is -2.30. The minimum absolute atomic E-state index is 0.0403. The molecule has 0 spiro atoms. The van der Waals surface area contributed by atoms with E-state index in [1.807, 2.05) is 45.0 Å². The Kier molecular flexibility index (Phi) is 7.22. The van der Waals surface area contributed by atoms with Crippen molar-refractivity contribution in [1.82, 2.24) is 14.5 Å². The zero-order valence-electron chi connectivity index (χ0n) is 19.2. The molecule has 1 N–H and O–H groups in total. The van der Waals surface area contributed by atoms with E-state index < -0.39 is 34.4 Å². The Morgan fingerprint density at radius 3 is 2.30 bits per heavy atom. The van der Waals surface area contributed by atoms with Gasteiger partial charge in [-0.1, -0.05) is 50.2 Å². The van der Waals surface area contributed by atoms with Crippen LogP contribution in [0.4, 0.5) is 0 Å². The molecule has 0 saturated heterocycles. The first kappa shape index (κ1) is 24.4. The van der Waals surface area contributed by atoms with E-state index in [1.165, 1.54) is 23.1 Å². The molecule has 176 valence electrons. The third-order valence-corrected chi connectivity index (χ3v) is 7.43. The van der Waals surface area contributed by atoms with E-state index in [9.17, 15) is 22.8 Å². The summed E-state index contributed by atoms with van der Waals surface area (Å²) in [5.74, 6) is -1.49. The van der Waals surface area contributed by atoms with Crippen LogP contribution < -0.4 is 5.32 Å². The van der Waals surface area contributed by atoms with Gasteiger partial charge < -0.3 is 10.2 Å². The van der Waals surface area contributed by atoms with Gasteiger partial charge >= 0.3 is 0 Å². The smallest absolute Gasteiger partial charge is 0.269 e. The third-order valence-electron chi connectivity index (χ3n) is 5.64. The number of fused-ring (bicyclic) bond motifs is 1. The summed E-state index contributed by atoms with van der Waals surface area (Å²) in [6.07, 6.45) is 0. The summed E-state index contributed by atoms with van der Waals surface area (Å²) in [5.41, 5.74) is 1.80. The van der Waals surface area contributed by atoms with Crippen LogP contribution in [0, 0.1) is 12.8 Å². The first-order valence-electron chi connectivity index (χ1n) is 10.8. The van der Waals surface area contributed by atoms with Gasteiger partial charge in [0, 0.05) is 13.1 Å². The number of hydrogen-bond acceptors (Lipinski definition) is 5. The summed E-state index contributed by atoms with van der Waals surface area (Å²) < 4.78 is 26.4. The summed E-state index contributed by atoms with van der Waals surface area (Å²) in [4.78, 5) is 40.1. The van der Waals surface area contributed by atoms with Crippen molar-refractivity contribution in [3.8, 4) is 0 Å². The van der Waals surface area contributed by atoms with Gasteiger partial charge in [-0.3, -0.25) is 14.4 Å². The number of rotatable bonds is 8. The number of amides is 3. The Hall–Kier alpha value is -3.20. The number of benzene rings is 2. The molecule has 0 radical (unpaired) electrons. The molecule has 8 nitrogen and oxygen atoms in total. The van der Waals surface area contributed by atoms with E-state index in [0.29, 0.717) is 10.8 Å². The number of nitrogens with zero attached hydrogens (tertiary/aromatic N) is 2. The quantitative estimate of drug-likeness (QED) is 0.636. The number of carbonyl (C=O) groups excluding carboxylic acids is 3. The molecular formula is C24H29N3O5S. The molecule has 2 aromatic rings. The largest absolute Gasteiger partial charge is 0.354 e. The van der Waals surface area contributed by atoms with Crippen LogP contribution in [0.5, 0.6) is 0 Å². The molecule has 3 amide bonds. The Morgan fingerprint density at radius 2 is 1.67 bits per heavy atom. The number of nitrogens with one attached hydrogen (secondary N) is 1. The Labute approximate surface area is 194 Å². The average Bonchev–Trinajstić information content (AvgIpc) is 2.97. The maximum absolute atomic E-state index is 13.4. The van der Waals surface area contributed by atoms with Gasteiger partial charge in [-0.25, -0.2) is 12.7 Å². The molecule has 0 aliphatic carbocycles. The van der Waals surface area contributed by atoms with E-state index in [0.717, 1.165) is 11.1 Å². The van der Waals surface area contributed by atoms with Crippen LogP contribution >= 0.6 is 0 Å². The monoisotopic (exact) mass is 471 g/mol. The molecule has 1 heterocycles. The van der Waals surface area contributed by atoms with E-state index in [4.69, 9.17) is 0 Å². The number of aryl methyl sites for hydroxylation is 1. The zero-order chi connectivity index (χ0) is 24.3. The predicted octanol–water partition coefficient (Wildman–Crippen LogP) is 2.33. The summed E-state index contributed by atoms with van der Waals surface area (Å²) >= 11 is 0. The molecule has 0 saturated carbocycles. The highest BCUT2D eigenvalue weighted by Gasteiger charge is 2.43. The molecular weight excluding hydrogens is 442 g/mol. The molecule has 1 aliphatic rings. The van der Waals surface area contributed by atoms with Gasteiger partial charge in [0.25, 0.3) is 15.9 Å². The van der Waals surface area contributed by atoms with Gasteiger partial charge in [0.1, 0.15) is 17.5 Å². The van der Waals surface area contributed by atoms with Crippen LogP contribution in [-0.2, 0) is 26.2 Å². The first-order valence-corrected chi connectivity index (χ1v) is 12.3. The van der Waals surface area contributed by atoms with Crippen molar-refractivity contribution >= 4 is 27.7 Å². The lowest BCUT2D eigenvalue weighted by atomic mass is 10.1. The molecule has 0 bridgehead atoms. The van der Waals surface area contributed by atoms with Gasteiger partial charge in [0.2, 0.25) is 11.8 Å². The lowest BCUT2D eigenvalue weighted by Crippen LogP contribution is -2.51. The minimum atomic E-state index is -4.14. The van der Waals surface area contributed by atoms with E-state index >= 15 is 0 Å². The molecule has 3 rings (SSSR count). The Balaban J connectivity index is 1.88. The fourth-order valence-corrected chi connectivity index (χ4v) is 5.13. The van der Waals surface area contributed by atoms with E-state index in [1.54, 1.807) is 13.0 Å². The maximum Gasteiger partial charge on any atom is 0.269 e. The van der Waals surface area contributed by atoms with Gasteiger partial charge in [0.05, 0.1) is 5.56 Å². The molecule has 1 atom stereocenters. The van der Waals surface area contributed by atoms with Crippen molar-refractivity contribution in [1.29, 1.82) is 0 Å². The fraction of sp³-hybridized carbons (Fsp3) is 0.375. The maximum atomic E-state index is 13.4. The molecule has 1 unspecified atom stereocenters. The standard InChI is InChI=1S/C24H29N3O5S/c1-16(2)13-25-23(29)18(4)26(14-19-10-6-5-9-17(19)3)22(28)15-27-24(30)20-11-7-8-12-21(20)33(27,31)32/h5-12,16,18H,13-15H2,1-4H3,(H,25,29). The third kappa shape index (κ3) is 5.08. The lowest BCUT2D eigenvalue weighted by molar-refractivity contribution is -0.140. The number of hydrogen-bond donors (Lipinski definition) is 1. The highest BCUT2D eigenvalue weighted by atomic mass is 32.2. The molecule has 0 aromatic heterocycles. The minimum Gasteiger partial charge on any atom is -0.354 e. The summed E-state index contributed by atoms with van der Waals surface area (Å²) in [6, 6.07) is 12.5. The number of sulfonamides is 1. The van der Waals surface area contributed by atoms with Crippen LogP contribution in [0.15, 0.2) is 53.4 Å². The summed E-state index contributed by atoms with van der Waals surface area (Å²) in [6.45, 7) is 7.29. The molecule has 9 heteroatoms. The van der Waals surface area contributed by atoms with Crippen LogP contribution in [0.25, 0.3) is 0 Å². The molecule has 1 aliphatic heterocycles. The Morgan fingerprint density at radius 1 is 1.03 bits per heavy atom. The topological polar surface area (TPSA) is 104 Å². The summed E-state index contributed by atoms with van der Waals surface area (Å²) in [7, 11) is -4.14. The second-order valence-corrected chi connectivity index (χ2v) is 10.4. The van der Waals surface area contributed by atoms with Crippen LogP contribution in [0.1, 0.15) is 42.3 Å². The average molecular weight is 472 g/mol. The van der Waals surface area contributed by atoms with Gasteiger partial charge in [-0.05, 0) is 43.0 Å². The van der Waals surface area contributed by atoms with Crippen LogP contribution in [-0.4, -0.2) is 54.5 Å². The van der Waals surface area contributed by atoms with E-state index in [2.05, 4.69) is 5.32 Å². The SMILES string of the molecule is Cc1ccccc1CN(C(=O)CN1C(=O)c2ccccc2S1(=O)=O)C(C)C(=O)NCC(C)C.